The molecule has 0 aliphatic carbocycles. The van der Waals surface area contributed by atoms with Gasteiger partial charge in [0, 0.05) is 20.1 Å². The molecule has 0 aromatic heterocycles. The molecule has 1 saturated heterocycles. The Bertz CT molecular complexity index is 336. The van der Waals surface area contributed by atoms with E-state index in [0.29, 0.717) is 6.61 Å². The van der Waals surface area contributed by atoms with Crippen LogP contribution in [-0.2, 0) is 19.0 Å². The van der Waals surface area contributed by atoms with Gasteiger partial charge in [0.15, 0.2) is 12.1 Å². The van der Waals surface area contributed by atoms with Gasteiger partial charge in [-0.15, -0.1) is 0 Å². The molecule has 6 nitrogen and oxygen atoms in total. The van der Waals surface area contributed by atoms with E-state index in [1.807, 2.05) is 6.92 Å². The smallest absolute Gasteiger partial charge is 0.411 e. The summed E-state index contributed by atoms with van der Waals surface area (Å²) in [5, 5.41) is 0. The third-order valence-electron chi connectivity index (χ3n) is 2.69. The van der Waals surface area contributed by atoms with Gasteiger partial charge in [-0.25, -0.2) is 4.79 Å². The van der Waals surface area contributed by atoms with Crippen LogP contribution in [0.5, 0.6) is 0 Å². The van der Waals surface area contributed by atoms with Crippen LogP contribution in [0.2, 0.25) is 0 Å². The Kier molecular flexibility index (Phi) is 5.31. The molecule has 1 fully saturated rings. The van der Waals surface area contributed by atoms with Crippen LogP contribution in [0.1, 0.15) is 34.1 Å². The molecule has 0 spiro atoms. The largest absolute Gasteiger partial charge is 0.444 e. The summed E-state index contributed by atoms with van der Waals surface area (Å²) >= 11 is 0. The van der Waals surface area contributed by atoms with Gasteiger partial charge >= 0.3 is 6.09 Å². The summed E-state index contributed by atoms with van der Waals surface area (Å²) in [6, 6.07) is -0.424. The Hall–Kier alpha value is -1.14. The molecule has 1 unspecified atom stereocenters. The quantitative estimate of drug-likeness (QED) is 0.727. The number of Topliss-reactive ketones (excluding diaryl/α,β-unsaturated/α-hetero) is 1. The molecule has 1 amide bonds. The summed E-state index contributed by atoms with van der Waals surface area (Å²) in [4.78, 5) is 25.1. The van der Waals surface area contributed by atoms with Gasteiger partial charge in [-0.05, 0) is 27.7 Å². The standard InChI is InChI=1S/C13H23NO5/c1-6-18-11(17-5)10-7-9(15)8-14(10)12(16)19-13(2,3)4/h10-11H,6-8H2,1-5H3/t10-,11?/m0/s1. The molecule has 1 aliphatic heterocycles. The Morgan fingerprint density at radius 3 is 2.58 bits per heavy atom. The minimum Gasteiger partial charge on any atom is -0.444 e. The Balaban J connectivity index is 2.78. The molecule has 1 aliphatic rings. The SMILES string of the molecule is CCOC(OC)[C@@H]1CC(=O)CN1C(=O)OC(C)(C)C. The van der Waals surface area contributed by atoms with Gasteiger partial charge in [-0.3, -0.25) is 9.69 Å². The van der Waals surface area contributed by atoms with Crippen molar-refractivity contribution in [3.05, 3.63) is 0 Å². The Morgan fingerprint density at radius 2 is 2.11 bits per heavy atom. The monoisotopic (exact) mass is 273 g/mol. The zero-order valence-corrected chi connectivity index (χ0v) is 12.3. The summed E-state index contributed by atoms with van der Waals surface area (Å²) in [5.74, 6) is -0.0161. The van der Waals surface area contributed by atoms with Crippen molar-refractivity contribution in [3.63, 3.8) is 0 Å². The molecule has 1 rings (SSSR count). The lowest BCUT2D eigenvalue weighted by atomic mass is 10.2. The van der Waals surface area contributed by atoms with Crippen molar-refractivity contribution < 1.29 is 23.8 Å². The van der Waals surface area contributed by atoms with Crippen LogP contribution in [0.3, 0.4) is 0 Å². The first-order chi connectivity index (χ1) is 8.78. The second-order valence-electron chi connectivity index (χ2n) is 5.48. The van der Waals surface area contributed by atoms with Gasteiger partial charge < -0.3 is 14.2 Å². The van der Waals surface area contributed by atoms with Gasteiger partial charge in [0.2, 0.25) is 0 Å². The van der Waals surface area contributed by atoms with Crippen molar-refractivity contribution >= 4 is 11.9 Å². The van der Waals surface area contributed by atoms with Gasteiger partial charge in [0.05, 0.1) is 12.6 Å². The summed E-state index contributed by atoms with van der Waals surface area (Å²) in [5.41, 5.74) is -0.596. The van der Waals surface area contributed by atoms with E-state index >= 15 is 0 Å². The first kappa shape index (κ1) is 15.9. The first-order valence-corrected chi connectivity index (χ1v) is 6.44. The Morgan fingerprint density at radius 1 is 1.47 bits per heavy atom. The van der Waals surface area contributed by atoms with E-state index in [1.165, 1.54) is 12.0 Å². The second-order valence-corrected chi connectivity index (χ2v) is 5.48. The van der Waals surface area contributed by atoms with Gasteiger partial charge in [-0.2, -0.15) is 0 Å². The Labute approximate surface area is 114 Å². The normalized spacial score (nSPS) is 21.6. The molecule has 110 valence electrons. The number of hydrogen-bond acceptors (Lipinski definition) is 5. The molecule has 1 heterocycles. The lowest BCUT2D eigenvalue weighted by molar-refractivity contribution is -0.153. The first-order valence-electron chi connectivity index (χ1n) is 6.44. The third kappa shape index (κ3) is 4.47. The molecular weight excluding hydrogens is 250 g/mol. The number of nitrogens with zero attached hydrogens (tertiary/aromatic N) is 1. The number of hydrogen-bond donors (Lipinski definition) is 0. The molecule has 0 saturated carbocycles. The van der Waals surface area contributed by atoms with Crippen molar-refractivity contribution in [1.29, 1.82) is 0 Å². The summed E-state index contributed by atoms with van der Waals surface area (Å²) in [6.45, 7) is 7.69. The average Bonchev–Trinajstić information content (AvgIpc) is 2.66. The minimum absolute atomic E-state index is 0.0161. The zero-order valence-electron chi connectivity index (χ0n) is 12.3. The fourth-order valence-electron chi connectivity index (χ4n) is 1.98. The van der Waals surface area contributed by atoms with E-state index in [0.717, 1.165) is 0 Å². The van der Waals surface area contributed by atoms with Crippen molar-refractivity contribution in [2.24, 2.45) is 0 Å². The van der Waals surface area contributed by atoms with Crippen LogP contribution in [0, 0.1) is 0 Å². The van der Waals surface area contributed by atoms with Gasteiger partial charge in [0.25, 0.3) is 0 Å². The average molecular weight is 273 g/mol. The van der Waals surface area contributed by atoms with Crippen LogP contribution in [0.4, 0.5) is 4.79 Å². The number of carbonyl (C=O) groups is 2. The van der Waals surface area contributed by atoms with Crippen LogP contribution in [0.25, 0.3) is 0 Å². The number of likely N-dealkylation sites (tertiary alicyclic amines) is 1. The lowest BCUT2D eigenvalue weighted by Crippen LogP contribution is -2.46. The molecule has 2 atom stereocenters. The molecule has 6 heteroatoms. The highest BCUT2D eigenvalue weighted by Gasteiger charge is 2.41. The maximum atomic E-state index is 12.1. The zero-order chi connectivity index (χ0) is 14.6. The van der Waals surface area contributed by atoms with E-state index < -0.39 is 24.0 Å². The van der Waals surface area contributed by atoms with E-state index in [1.54, 1.807) is 20.8 Å². The van der Waals surface area contributed by atoms with E-state index in [-0.39, 0.29) is 18.7 Å². The highest BCUT2D eigenvalue weighted by atomic mass is 16.7. The molecule has 0 aromatic rings. The molecule has 0 bridgehead atoms. The van der Waals surface area contributed by atoms with E-state index in [4.69, 9.17) is 14.2 Å². The van der Waals surface area contributed by atoms with Gasteiger partial charge in [-0.1, -0.05) is 0 Å². The number of amides is 1. The number of methoxy groups -OCH3 is 1. The summed E-state index contributed by atoms with van der Waals surface area (Å²) in [6.07, 6.45) is -0.883. The van der Waals surface area contributed by atoms with Crippen molar-refractivity contribution in [1.82, 2.24) is 4.90 Å². The number of rotatable bonds is 4. The van der Waals surface area contributed by atoms with Crippen molar-refractivity contribution in [2.75, 3.05) is 20.3 Å². The highest BCUT2D eigenvalue weighted by molar-refractivity contribution is 5.88. The summed E-state index contributed by atoms with van der Waals surface area (Å²) < 4.78 is 15.9. The molecular formula is C13H23NO5. The third-order valence-corrected chi connectivity index (χ3v) is 2.69. The van der Waals surface area contributed by atoms with E-state index in [9.17, 15) is 9.59 Å². The van der Waals surface area contributed by atoms with Crippen LogP contribution >= 0.6 is 0 Å². The predicted molar refractivity (Wildman–Crippen MR) is 68.8 cm³/mol. The summed E-state index contributed by atoms with van der Waals surface area (Å²) in [7, 11) is 1.50. The number of ether oxygens (including phenoxy) is 3. The van der Waals surface area contributed by atoms with Crippen LogP contribution < -0.4 is 0 Å². The molecule has 0 aromatic carbocycles. The highest BCUT2D eigenvalue weighted by Crippen LogP contribution is 2.23. The minimum atomic E-state index is -0.607. The topological polar surface area (TPSA) is 65.1 Å². The fraction of sp³-hybridized carbons (Fsp3) is 0.846. The van der Waals surface area contributed by atoms with E-state index in [2.05, 4.69) is 0 Å². The molecule has 0 N–H and O–H groups in total. The number of ketones is 1. The maximum absolute atomic E-state index is 12.1. The maximum Gasteiger partial charge on any atom is 0.411 e. The lowest BCUT2D eigenvalue weighted by Gasteiger charge is -2.31. The van der Waals surface area contributed by atoms with Crippen molar-refractivity contribution in [3.8, 4) is 0 Å². The van der Waals surface area contributed by atoms with Crippen LogP contribution in [-0.4, -0.2) is 55.0 Å². The van der Waals surface area contributed by atoms with Crippen molar-refractivity contribution in [2.45, 2.75) is 52.0 Å². The number of carbonyl (C=O) groups excluding carboxylic acids is 2. The predicted octanol–water partition coefficient (Wildman–Crippen LogP) is 1.57. The second kappa shape index (κ2) is 6.34. The van der Waals surface area contributed by atoms with Crippen LogP contribution in [0.15, 0.2) is 0 Å². The molecule has 0 radical (unpaired) electrons. The molecule has 19 heavy (non-hydrogen) atoms. The van der Waals surface area contributed by atoms with Gasteiger partial charge in [0.1, 0.15) is 5.60 Å². The fourth-order valence-corrected chi connectivity index (χ4v) is 1.98.